The Morgan fingerprint density at radius 1 is 0.907 bits per heavy atom. The molecule has 2 aromatic carbocycles. The second-order valence-electron chi connectivity index (χ2n) is 10.3. The number of piperazine rings is 1. The minimum atomic E-state index is -0.227. The first-order valence-electron chi connectivity index (χ1n) is 13.9. The molecule has 9 nitrogen and oxygen atoms in total. The van der Waals surface area contributed by atoms with Crippen LogP contribution in [-0.4, -0.2) is 64.9 Å². The van der Waals surface area contributed by atoms with Gasteiger partial charge in [-0.05, 0) is 66.6 Å². The van der Waals surface area contributed by atoms with Crippen LogP contribution in [0, 0.1) is 6.92 Å². The lowest BCUT2D eigenvalue weighted by atomic mass is 10.2. The lowest BCUT2D eigenvalue weighted by molar-refractivity contribution is -0.122. The molecule has 220 valence electrons. The van der Waals surface area contributed by atoms with Gasteiger partial charge in [-0.25, -0.2) is 4.98 Å². The second kappa shape index (κ2) is 12.1. The number of thiocarbonyl (C=S) groups is 1. The van der Waals surface area contributed by atoms with Gasteiger partial charge in [0, 0.05) is 38.1 Å². The molecule has 2 saturated heterocycles. The number of ether oxygens (including phenoxy) is 2. The number of carbonyl (C=O) groups is 1. The minimum Gasteiger partial charge on any atom is -0.497 e. The fourth-order valence-electron chi connectivity index (χ4n) is 5.32. The Labute approximate surface area is 259 Å². The predicted octanol–water partition coefficient (Wildman–Crippen LogP) is 4.75. The zero-order valence-electron chi connectivity index (χ0n) is 24.1. The van der Waals surface area contributed by atoms with Gasteiger partial charge in [-0.2, -0.15) is 0 Å². The van der Waals surface area contributed by atoms with E-state index in [1.807, 2.05) is 55.5 Å². The third-order valence-corrected chi connectivity index (χ3v) is 9.11. The zero-order chi connectivity index (χ0) is 30.1. The van der Waals surface area contributed by atoms with Crippen LogP contribution in [0.4, 0.5) is 11.5 Å². The molecule has 0 bridgehead atoms. The highest BCUT2D eigenvalue weighted by molar-refractivity contribution is 8.26. The summed E-state index contributed by atoms with van der Waals surface area (Å²) in [7, 11) is 3.27. The number of hydrogen-bond donors (Lipinski definition) is 0. The molecular weight excluding hydrogens is 583 g/mol. The number of amides is 1. The fraction of sp³-hybridized carbons (Fsp3) is 0.250. The molecule has 1 amide bonds. The number of methoxy groups -OCH3 is 2. The number of benzene rings is 2. The molecule has 0 saturated carbocycles. The number of rotatable bonds is 7. The van der Waals surface area contributed by atoms with E-state index in [4.69, 9.17) is 26.7 Å². The molecule has 11 heteroatoms. The van der Waals surface area contributed by atoms with E-state index in [1.165, 1.54) is 11.8 Å². The molecule has 43 heavy (non-hydrogen) atoms. The van der Waals surface area contributed by atoms with E-state index >= 15 is 0 Å². The Bertz CT molecular complexity index is 1780. The Hall–Kier alpha value is -4.35. The summed E-state index contributed by atoms with van der Waals surface area (Å²) >= 11 is 6.81. The van der Waals surface area contributed by atoms with Crippen LogP contribution < -0.4 is 24.8 Å². The molecule has 0 radical (unpaired) electrons. The van der Waals surface area contributed by atoms with Gasteiger partial charge in [0.15, 0.2) is 0 Å². The predicted molar refractivity (Wildman–Crippen MR) is 175 cm³/mol. The summed E-state index contributed by atoms with van der Waals surface area (Å²) in [5, 5.41) is 0. The van der Waals surface area contributed by atoms with E-state index in [1.54, 1.807) is 35.8 Å². The number of pyridine rings is 1. The number of nitrogens with zero attached hydrogens (tertiary/aromatic N) is 5. The Morgan fingerprint density at radius 2 is 1.53 bits per heavy atom. The smallest absolute Gasteiger partial charge is 0.267 e. The van der Waals surface area contributed by atoms with Gasteiger partial charge in [0.25, 0.3) is 11.5 Å². The average molecular weight is 614 g/mol. The maximum absolute atomic E-state index is 13.9. The van der Waals surface area contributed by atoms with Crippen molar-refractivity contribution in [1.82, 2.24) is 14.3 Å². The van der Waals surface area contributed by atoms with Gasteiger partial charge in [0.2, 0.25) is 0 Å². The zero-order valence-corrected chi connectivity index (χ0v) is 25.8. The maximum Gasteiger partial charge on any atom is 0.267 e. The number of anilines is 2. The van der Waals surface area contributed by atoms with E-state index in [2.05, 4.69) is 21.9 Å². The number of aromatic nitrogens is 2. The van der Waals surface area contributed by atoms with Gasteiger partial charge in [-0.1, -0.05) is 42.2 Å². The molecule has 0 N–H and O–H groups in total. The molecule has 2 aliphatic rings. The Kier molecular flexibility index (Phi) is 8.09. The first-order valence-corrected chi connectivity index (χ1v) is 15.1. The third kappa shape index (κ3) is 5.70. The number of hydrogen-bond acceptors (Lipinski definition) is 9. The van der Waals surface area contributed by atoms with Crippen molar-refractivity contribution < 1.29 is 14.3 Å². The maximum atomic E-state index is 13.9. The average Bonchev–Trinajstić information content (AvgIpc) is 3.30. The van der Waals surface area contributed by atoms with Crippen LogP contribution in [0.2, 0.25) is 0 Å². The van der Waals surface area contributed by atoms with Crippen LogP contribution in [0.25, 0.3) is 11.7 Å². The first-order chi connectivity index (χ1) is 20.9. The molecule has 4 aromatic rings. The SMILES string of the molecule is COc1ccc(CN2C(=O)C(=Cc3c(N4CCN(c5ccc(OC)cc5)CC4)nc4c(C)cccn4c3=O)SC2=S)cc1. The highest BCUT2D eigenvalue weighted by atomic mass is 32.2. The van der Waals surface area contributed by atoms with E-state index in [9.17, 15) is 9.59 Å². The second-order valence-corrected chi connectivity index (χ2v) is 12.0. The molecule has 0 spiro atoms. The van der Waals surface area contributed by atoms with E-state index in [0.29, 0.717) is 45.9 Å². The van der Waals surface area contributed by atoms with Crippen LogP contribution in [0.3, 0.4) is 0 Å². The standard InChI is InChI=1S/C32H31N5O4S2/c1-21-5-4-14-36-28(21)33-29(35-17-15-34(16-18-35)23-8-12-25(41-3)13-9-23)26(30(36)38)19-27-31(39)37(32(42)43-27)20-22-6-10-24(40-2)11-7-22/h4-14,19H,15-18,20H2,1-3H3. The van der Waals surface area contributed by atoms with E-state index in [-0.39, 0.29) is 11.5 Å². The molecule has 0 unspecified atom stereocenters. The van der Waals surface area contributed by atoms with Crippen molar-refractivity contribution in [2.75, 3.05) is 50.2 Å². The van der Waals surface area contributed by atoms with Gasteiger partial charge in [0.1, 0.15) is 27.3 Å². The van der Waals surface area contributed by atoms with E-state index < -0.39 is 0 Å². The number of thioether (sulfide) groups is 1. The third-order valence-electron chi connectivity index (χ3n) is 7.73. The normalized spacial score (nSPS) is 16.4. The fourth-order valence-corrected chi connectivity index (χ4v) is 6.56. The van der Waals surface area contributed by atoms with Crippen LogP contribution in [0.1, 0.15) is 16.7 Å². The summed E-state index contributed by atoms with van der Waals surface area (Å²) < 4.78 is 12.5. The topological polar surface area (TPSA) is 79.6 Å². The van der Waals surface area contributed by atoms with Crippen molar-refractivity contribution in [1.29, 1.82) is 0 Å². The lowest BCUT2D eigenvalue weighted by Gasteiger charge is -2.37. The van der Waals surface area contributed by atoms with Crippen molar-refractivity contribution in [3.8, 4) is 11.5 Å². The largest absolute Gasteiger partial charge is 0.497 e. The van der Waals surface area contributed by atoms with Crippen LogP contribution in [0.5, 0.6) is 11.5 Å². The molecule has 0 aliphatic carbocycles. The van der Waals surface area contributed by atoms with E-state index in [0.717, 1.165) is 41.4 Å². The first kappa shape index (κ1) is 28.8. The molecule has 0 atom stereocenters. The van der Waals surface area contributed by atoms with Gasteiger partial charge in [0.05, 0.1) is 31.2 Å². The molecular formula is C32H31N5O4S2. The van der Waals surface area contributed by atoms with Crippen LogP contribution in [0.15, 0.2) is 76.6 Å². The van der Waals surface area contributed by atoms with Crippen molar-refractivity contribution in [2.24, 2.45) is 0 Å². The van der Waals surface area contributed by atoms with Crippen molar-refractivity contribution >= 4 is 57.4 Å². The molecule has 2 aliphatic heterocycles. The summed E-state index contributed by atoms with van der Waals surface area (Å²) in [6.07, 6.45) is 3.39. The van der Waals surface area contributed by atoms with Crippen molar-refractivity contribution in [3.05, 3.63) is 98.8 Å². The number of aryl methyl sites for hydroxylation is 1. The van der Waals surface area contributed by atoms with Gasteiger partial charge in [-0.3, -0.25) is 18.9 Å². The summed E-state index contributed by atoms with van der Waals surface area (Å²) in [5.74, 6) is 1.91. The summed E-state index contributed by atoms with van der Waals surface area (Å²) in [6.45, 7) is 5.12. The van der Waals surface area contributed by atoms with Crippen molar-refractivity contribution in [2.45, 2.75) is 13.5 Å². The number of carbonyl (C=O) groups excluding carboxylic acids is 1. The van der Waals surface area contributed by atoms with Gasteiger partial charge in [-0.15, -0.1) is 0 Å². The summed E-state index contributed by atoms with van der Waals surface area (Å²) in [5.41, 5.74) is 3.70. The molecule has 6 rings (SSSR count). The van der Waals surface area contributed by atoms with Crippen LogP contribution >= 0.6 is 24.0 Å². The minimum absolute atomic E-state index is 0.221. The van der Waals surface area contributed by atoms with Gasteiger partial charge < -0.3 is 19.3 Å². The Morgan fingerprint density at radius 3 is 2.19 bits per heavy atom. The quantitative estimate of drug-likeness (QED) is 0.217. The van der Waals surface area contributed by atoms with Gasteiger partial charge >= 0.3 is 0 Å². The highest BCUT2D eigenvalue weighted by Gasteiger charge is 2.33. The lowest BCUT2D eigenvalue weighted by Crippen LogP contribution is -2.47. The summed E-state index contributed by atoms with van der Waals surface area (Å²) in [6, 6.07) is 19.3. The highest BCUT2D eigenvalue weighted by Crippen LogP contribution is 2.35. The monoisotopic (exact) mass is 613 g/mol. The number of fused-ring (bicyclic) bond motifs is 1. The van der Waals surface area contributed by atoms with Crippen LogP contribution in [-0.2, 0) is 11.3 Å². The summed E-state index contributed by atoms with van der Waals surface area (Å²) in [4.78, 5) is 38.9. The molecule has 4 heterocycles. The molecule has 2 aromatic heterocycles. The Balaban J connectivity index is 1.31. The van der Waals surface area contributed by atoms with Crippen molar-refractivity contribution in [3.63, 3.8) is 0 Å². The molecule has 2 fully saturated rings.